The molecular formula is C16H25ClFNO. The molecule has 114 valence electrons. The van der Waals surface area contributed by atoms with E-state index in [1.807, 2.05) is 20.8 Å². The van der Waals surface area contributed by atoms with E-state index < -0.39 is 0 Å². The topological polar surface area (TPSA) is 21.3 Å². The fraction of sp³-hybridized carbons (Fsp3) is 0.625. The Balaban J connectivity index is 2.67. The van der Waals surface area contributed by atoms with Gasteiger partial charge in [0, 0.05) is 11.1 Å². The van der Waals surface area contributed by atoms with Crippen molar-refractivity contribution in [2.24, 2.45) is 0 Å². The van der Waals surface area contributed by atoms with Crippen molar-refractivity contribution in [1.82, 2.24) is 5.32 Å². The lowest BCUT2D eigenvalue weighted by atomic mass is 10.1. The molecule has 1 unspecified atom stereocenters. The summed E-state index contributed by atoms with van der Waals surface area (Å²) >= 11 is 6.09. The van der Waals surface area contributed by atoms with Crippen LogP contribution in [0.5, 0.6) is 0 Å². The number of ether oxygens (including phenoxy) is 1. The molecule has 0 spiro atoms. The van der Waals surface area contributed by atoms with E-state index in [0.29, 0.717) is 11.6 Å². The van der Waals surface area contributed by atoms with Crippen molar-refractivity contribution in [3.05, 3.63) is 34.6 Å². The van der Waals surface area contributed by atoms with Crippen LogP contribution in [0.3, 0.4) is 0 Å². The molecule has 0 saturated heterocycles. The maximum absolute atomic E-state index is 13.1. The molecular weight excluding hydrogens is 277 g/mol. The molecule has 1 rings (SSSR count). The van der Waals surface area contributed by atoms with Crippen molar-refractivity contribution in [2.75, 3.05) is 13.2 Å². The first kappa shape index (κ1) is 17.4. The molecule has 0 aliphatic heterocycles. The highest BCUT2D eigenvalue weighted by atomic mass is 35.5. The molecule has 0 saturated carbocycles. The van der Waals surface area contributed by atoms with Gasteiger partial charge in [-0.2, -0.15) is 0 Å². The molecule has 1 aromatic carbocycles. The molecule has 20 heavy (non-hydrogen) atoms. The molecule has 2 nitrogen and oxygen atoms in total. The fourth-order valence-corrected chi connectivity index (χ4v) is 2.09. The summed E-state index contributed by atoms with van der Waals surface area (Å²) in [6, 6.07) is 4.73. The second-order valence-electron chi connectivity index (χ2n) is 6.01. The Hall–Kier alpha value is -0.640. The van der Waals surface area contributed by atoms with E-state index in [0.717, 1.165) is 24.9 Å². The van der Waals surface area contributed by atoms with Crippen molar-refractivity contribution in [2.45, 2.75) is 52.2 Å². The average Bonchev–Trinajstić information content (AvgIpc) is 2.34. The highest BCUT2D eigenvalue weighted by Crippen LogP contribution is 2.19. The minimum Gasteiger partial charge on any atom is -0.374 e. The minimum atomic E-state index is -0.303. The van der Waals surface area contributed by atoms with Gasteiger partial charge in [-0.1, -0.05) is 24.6 Å². The number of nitrogens with one attached hydrogen (secondary N) is 1. The maximum Gasteiger partial charge on any atom is 0.124 e. The molecule has 0 aliphatic rings. The smallest absolute Gasteiger partial charge is 0.124 e. The quantitative estimate of drug-likeness (QED) is 0.815. The van der Waals surface area contributed by atoms with Gasteiger partial charge in [0.1, 0.15) is 5.82 Å². The maximum atomic E-state index is 13.1. The molecule has 1 aromatic rings. The Morgan fingerprint density at radius 2 is 2.05 bits per heavy atom. The average molecular weight is 302 g/mol. The molecule has 0 heterocycles. The van der Waals surface area contributed by atoms with Gasteiger partial charge in [-0.25, -0.2) is 4.39 Å². The zero-order valence-corrected chi connectivity index (χ0v) is 13.6. The van der Waals surface area contributed by atoms with Crippen LogP contribution in [0.4, 0.5) is 4.39 Å². The first-order chi connectivity index (χ1) is 9.31. The van der Waals surface area contributed by atoms with Crippen molar-refractivity contribution in [1.29, 1.82) is 0 Å². The predicted molar refractivity (Wildman–Crippen MR) is 82.9 cm³/mol. The summed E-state index contributed by atoms with van der Waals surface area (Å²) in [6.45, 7) is 9.77. The van der Waals surface area contributed by atoms with Crippen molar-refractivity contribution in [3.8, 4) is 0 Å². The first-order valence-electron chi connectivity index (χ1n) is 7.13. The van der Waals surface area contributed by atoms with E-state index in [4.69, 9.17) is 16.3 Å². The van der Waals surface area contributed by atoms with E-state index >= 15 is 0 Å². The molecule has 0 bridgehead atoms. The molecule has 0 aliphatic carbocycles. The van der Waals surface area contributed by atoms with Gasteiger partial charge in [0.2, 0.25) is 0 Å². The van der Waals surface area contributed by atoms with Crippen molar-refractivity contribution >= 4 is 11.6 Å². The number of benzene rings is 1. The van der Waals surface area contributed by atoms with Crippen LogP contribution < -0.4 is 5.32 Å². The normalized spacial score (nSPS) is 13.5. The van der Waals surface area contributed by atoms with Crippen molar-refractivity contribution in [3.63, 3.8) is 0 Å². The van der Waals surface area contributed by atoms with Crippen LogP contribution in [0.1, 0.15) is 39.7 Å². The van der Waals surface area contributed by atoms with Gasteiger partial charge in [-0.05, 0) is 57.9 Å². The Labute approximate surface area is 126 Å². The lowest BCUT2D eigenvalue weighted by Gasteiger charge is -2.25. The Morgan fingerprint density at radius 3 is 2.60 bits per heavy atom. The zero-order valence-electron chi connectivity index (χ0n) is 12.8. The van der Waals surface area contributed by atoms with Crippen LogP contribution in [-0.4, -0.2) is 24.8 Å². The summed E-state index contributed by atoms with van der Waals surface area (Å²) in [4.78, 5) is 0. The Kier molecular flexibility index (Phi) is 6.93. The molecule has 1 atom stereocenters. The zero-order chi connectivity index (χ0) is 15.2. The van der Waals surface area contributed by atoms with Gasteiger partial charge in [-0.3, -0.25) is 0 Å². The van der Waals surface area contributed by atoms with Crippen LogP contribution >= 0.6 is 11.6 Å². The van der Waals surface area contributed by atoms with E-state index in [1.165, 1.54) is 12.1 Å². The lowest BCUT2D eigenvalue weighted by molar-refractivity contribution is -0.0143. The molecule has 1 N–H and O–H groups in total. The second kappa shape index (κ2) is 7.96. The predicted octanol–water partition coefficient (Wildman–Crippen LogP) is 4.20. The van der Waals surface area contributed by atoms with Gasteiger partial charge >= 0.3 is 0 Å². The summed E-state index contributed by atoms with van der Waals surface area (Å²) in [5, 5.41) is 3.93. The number of hydrogen-bond acceptors (Lipinski definition) is 2. The second-order valence-corrected chi connectivity index (χ2v) is 6.42. The summed E-state index contributed by atoms with van der Waals surface area (Å²) in [5.74, 6) is -0.303. The Morgan fingerprint density at radius 1 is 1.35 bits per heavy atom. The van der Waals surface area contributed by atoms with E-state index in [-0.39, 0.29) is 17.5 Å². The third-order valence-electron chi connectivity index (χ3n) is 2.88. The van der Waals surface area contributed by atoms with Gasteiger partial charge in [0.15, 0.2) is 0 Å². The van der Waals surface area contributed by atoms with Gasteiger partial charge in [0.05, 0.1) is 12.2 Å². The van der Waals surface area contributed by atoms with Crippen LogP contribution in [0.15, 0.2) is 18.2 Å². The first-order valence-corrected chi connectivity index (χ1v) is 7.51. The highest BCUT2D eigenvalue weighted by Gasteiger charge is 2.16. The fourth-order valence-electron chi connectivity index (χ4n) is 1.84. The van der Waals surface area contributed by atoms with Crippen LogP contribution in [0.2, 0.25) is 5.02 Å². The molecule has 0 aromatic heterocycles. The SMILES string of the molecule is CCCNC(COC(C)(C)C)Cc1ccc(F)cc1Cl. The third-order valence-corrected chi connectivity index (χ3v) is 3.23. The monoisotopic (exact) mass is 301 g/mol. The number of rotatable bonds is 7. The molecule has 0 radical (unpaired) electrons. The summed E-state index contributed by atoms with van der Waals surface area (Å²) in [5.41, 5.74) is 0.776. The number of halogens is 2. The summed E-state index contributed by atoms with van der Waals surface area (Å²) < 4.78 is 18.9. The van der Waals surface area contributed by atoms with E-state index in [1.54, 1.807) is 6.07 Å². The summed E-state index contributed by atoms with van der Waals surface area (Å²) in [6.07, 6.45) is 1.79. The van der Waals surface area contributed by atoms with Gasteiger partial charge in [0.25, 0.3) is 0 Å². The standard InChI is InChI=1S/C16H25ClFNO/c1-5-8-19-14(11-20-16(2,3)4)9-12-6-7-13(18)10-15(12)17/h6-7,10,14,19H,5,8-9,11H2,1-4H3. The minimum absolute atomic E-state index is 0.168. The summed E-state index contributed by atoms with van der Waals surface area (Å²) in [7, 11) is 0. The van der Waals surface area contributed by atoms with E-state index in [2.05, 4.69) is 12.2 Å². The van der Waals surface area contributed by atoms with Crippen molar-refractivity contribution < 1.29 is 9.13 Å². The van der Waals surface area contributed by atoms with Crippen LogP contribution in [0, 0.1) is 5.82 Å². The van der Waals surface area contributed by atoms with Gasteiger partial charge in [-0.15, -0.1) is 0 Å². The molecule has 4 heteroatoms. The number of hydrogen-bond donors (Lipinski definition) is 1. The highest BCUT2D eigenvalue weighted by molar-refractivity contribution is 6.31. The largest absolute Gasteiger partial charge is 0.374 e. The molecule has 0 amide bonds. The van der Waals surface area contributed by atoms with Crippen LogP contribution in [-0.2, 0) is 11.2 Å². The Bertz CT molecular complexity index is 417. The van der Waals surface area contributed by atoms with Crippen LogP contribution in [0.25, 0.3) is 0 Å². The van der Waals surface area contributed by atoms with Gasteiger partial charge < -0.3 is 10.1 Å². The lowest BCUT2D eigenvalue weighted by Crippen LogP contribution is -2.38. The third kappa shape index (κ3) is 6.69. The molecule has 0 fully saturated rings. The van der Waals surface area contributed by atoms with E-state index in [9.17, 15) is 4.39 Å².